The topological polar surface area (TPSA) is 87.5 Å². The average Bonchev–Trinajstić information content (AvgIpc) is 2.86. The van der Waals surface area contributed by atoms with E-state index in [9.17, 15) is 9.59 Å². The van der Waals surface area contributed by atoms with Gasteiger partial charge in [0.05, 0.1) is 29.7 Å². The van der Waals surface area contributed by atoms with Crippen molar-refractivity contribution in [2.45, 2.75) is 13.3 Å². The Labute approximate surface area is 128 Å². The van der Waals surface area contributed by atoms with E-state index in [2.05, 4.69) is 10.4 Å². The number of aliphatic carboxylic acids is 1. The first-order valence-corrected chi connectivity index (χ1v) is 6.83. The lowest BCUT2D eigenvalue weighted by atomic mass is 10.3. The van der Waals surface area contributed by atoms with Gasteiger partial charge >= 0.3 is 12.0 Å². The summed E-state index contributed by atoms with van der Waals surface area (Å²) in [6.45, 7) is 2.00. The smallest absolute Gasteiger partial charge is 0.321 e. The molecule has 7 nitrogen and oxygen atoms in total. The predicted octanol–water partition coefficient (Wildman–Crippen LogP) is 2.12. The third kappa shape index (κ3) is 3.63. The predicted molar refractivity (Wildman–Crippen MR) is 82.2 cm³/mol. The number of para-hydroxylation sites is 1. The number of hydrogen-bond acceptors (Lipinski definition) is 3. The quantitative estimate of drug-likeness (QED) is 0.885. The Bertz CT molecular complexity index is 667. The van der Waals surface area contributed by atoms with Gasteiger partial charge in [0.2, 0.25) is 0 Å². The second-order valence-corrected chi connectivity index (χ2v) is 4.89. The van der Waals surface area contributed by atoms with Gasteiger partial charge in [0, 0.05) is 13.6 Å². The van der Waals surface area contributed by atoms with Crippen molar-refractivity contribution < 1.29 is 14.7 Å². The van der Waals surface area contributed by atoms with E-state index in [1.165, 1.54) is 4.90 Å². The highest BCUT2D eigenvalue weighted by Gasteiger charge is 2.14. The monoisotopic (exact) mass is 302 g/mol. The molecule has 22 heavy (non-hydrogen) atoms. The number of benzene rings is 1. The maximum atomic E-state index is 12.0. The van der Waals surface area contributed by atoms with Crippen LogP contribution in [0, 0.1) is 6.92 Å². The summed E-state index contributed by atoms with van der Waals surface area (Å²) < 4.78 is 1.73. The van der Waals surface area contributed by atoms with Crippen LogP contribution in [0.5, 0.6) is 0 Å². The van der Waals surface area contributed by atoms with Crippen molar-refractivity contribution in [3.63, 3.8) is 0 Å². The fourth-order valence-corrected chi connectivity index (χ4v) is 1.94. The Morgan fingerprint density at radius 2 is 2.00 bits per heavy atom. The van der Waals surface area contributed by atoms with E-state index in [-0.39, 0.29) is 19.0 Å². The first kappa shape index (κ1) is 15.6. The summed E-state index contributed by atoms with van der Waals surface area (Å²) >= 11 is 0. The molecule has 2 amide bonds. The van der Waals surface area contributed by atoms with Crippen molar-refractivity contribution in [2.24, 2.45) is 0 Å². The van der Waals surface area contributed by atoms with Crippen LogP contribution >= 0.6 is 0 Å². The number of nitrogens with one attached hydrogen (secondary N) is 1. The van der Waals surface area contributed by atoms with E-state index in [1.807, 2.05) is 37.3 Å². The molecule has 2 rings (SSSR count). The molecule has 0 aliphatic rings. The van der Waals surface area contributed by atoms with Crippen LogP contribution in [0.2, 0.25) is 0 Å². The van der Waals surface area contributed by atoms with Gasteiger partial charge in [-0.05, 0) is 19.1 Å². The molecule has 2 N–H and O–H groups in total. The highest BCUT2D eigenvalue weighted by molar-refractivity contribution is 5.89. The van der Waals surface area contributed by atoms with Gasteiger partial charge in [-0.15, -0.1) is 0 Å². The van der Waals surface area contributed by atoms with Gasteiger partial charge in [-0.25, -0.2) is 9.48 Å². The van der Waals surface area contributed by atoms with Gasteiger partial charge < -0.3 is 15.3 Å². The number of carbonyl (C=O) groups excluding carboxylic acids is 1. The maximum Gasteiger partial charge on any atom is 0.321 e. The van der Waals surface area contributed by atoms with Crippen LogP contribution in [0.15, 0.2) is 36.5 Å². The first-order chi connectivity index (χ1) is 10.5. The molecule has 7 heteroatoms. The lowest BCUT2D eigenvalue weighted by Gasteiger charge is -2.16. The van der Waals surface area contributed by atoms with Crippen molar-refractivity contribution in [3.05, 3.63) is 42.2 Å². The molecule has 0 saturated carbocycles. The Balaban J connectivity index is 2.07. The standard InChI is InChI=1S/C15H18N4O3/c1-11-13(17-15(22)18(2)9-8-14(20)21)10-16-19(11)12-6-4-3-5-7-12/h3-7,10H,8-9H2,1-2H3,(H,17,22)(H,20,21). The highest BCUT2D eigenvalue weighted by atomic mass is 16.4. The second-order valence-electron chi connectivity index (χ2n) is 4.89. The van der Waals surface area contributed by atoms with E-state index < -0.39 is 5.97 Å². The third-order valence-corrected chi connectivity index (χ3v) is 3.26. The summed E-state index contributed by atoms with van der Waals surface area (Å²) in [5.41, 5.74) is 2.29. The number of anilines is 1. The largest absolute Gasteiger partial charge is 0.481 e. The van der Waals surface area contributed by atoms with Crippen molar-refractivity contribution in [2.75, 3.05) is 18.9 Å². The summed E-state index contributed by atoms with van der Waals surface area (Å²) in [5, 5.41) is 15.6. The lowest BCUT2D eigenvalue weighted by Crippen LogP contribution is -2.33. The summed E-state index contributed by atoms with van der Waals surface area (Å²) in [6.07, 6.45) is 1.48. The number of rotatable bonds is 5. The van der Waals surface area contributed by atoms with Crippen LogP contribution in [0.1, 0.15) is 12.1 Å². The minimum atomic E-state index is -0.937. The molecule has 0 fully saturated rings. The van der Waals surface area contributed by atoms with E-state index in [1.54, 1.807) is 17.9 Å². The Morgan fingerprint density at radius 3 is 2.64 bits per heavy atom. The zero-order valence-corrected chi connectivity index (χ0v) is 12.5. The number of hydrogen-bond donors (Lipinski definition) is 2. The normalized spacial score (nSPS) is 10.3. The maximum absolute atomic E-state index is 12.0. The number of nitrogens with zero attached hydrogens (tertiary/aromatic N) is 3. The summed E-state index contributed by atoms with van der Waals surface area (Å²) in [6, 6.07) is 9.22. The molecule has 1 aromatic carbocycles. The zero-order chi connectivity index (χ0) is 16.1. The van der Waals surface area contributed by atoms with Crippen LogP contribution in [0.3, 0.4) is 0 Å². The molecular formula is C15H18N4O3. The van der Waals surface area contributed by atoms with Crippen molar-refractivity contribution in [3.8, 4) is 5.69 Å². The molecule has 0 unspecified atom stereocenters. The molecule has 0 aliphatic carbocycles. The minimum Gasteiger partial charge on any atom is -0.481 e. The van der Waals surface area contributed by atoms with Crippen LogP contribution < -0.4 is 5.32 Å². The Hall–Kier alpha value is -2.83. The molecule has 0 radical (unpaired) electrons. The molecule has 0 saturated heterocycles. The molecule has 116 valence electrons. The van der Waals surface area contributed by atoms with Gasteiger partial charge in [-0.2, -0.15) is 5.10 Å². The fourth-order valence-electron chi connectivity index (χ4n) is 1.94. The first-order valence-electron chi connectivity index (χ1n) is 6.83. The van der Waals surface area contributed by atoms with E-state index in [0.717, 1.165) is 11.4 Å². The molecule has 1 heterocycles. The van der Waals surface area contributed by atoms with Crippen LogP contribution in [-0.4, -0.2) is 45.4 Å². The number of carbonyl (C=O) groups is 2. The SMILES string of the molecule is Cc1c(NC(=O)N(C)CCC(=O)O)cnn1-c1ccccc1. The molecule has 2 aromatic rings. The van der Waals surface area contributed by atoms with Gasteiger partial charge in [-0.1, -0.05) is 18.2 Å². The van der Waals surface area contributed by atoms with Gasteiger partial charge in [0.1, 0.15) is 0 Å². The van der Waals surface area contributed by atoms with Gasteiger partial charge in [-0.3, -0.25) is 4.79 Å². The summed E-state index contributed by atoms with van der Waals surface area (Å²) in [5.74, 6) is -0.937. The number of carboxylic acids is 1. The van der Waals surface area contributed by atoms with Crippen molar-refractivity contribution in [1.82, 2.24) is 14.7 Å². The van der Waals surface area contributed by atoms with E-state index in [4.69, 9.17) is 5.11 Å². The molecule has 0 bridgehead atoms. The highest BCUT2D eigenvalue weighted by Crippen LogP contribution is 2.18. The molecule has 0 spiro atoms. The Kier molecular flexibility index (Phi) is 4.77. The van der Waals surface area contributed by atoms with Crippen molar-refractivity contribution >= 4 is 17.7 Å². The third-order valence-electron chi connectivity index (χ3n) is 3.26. The second kappa shape index (κ2) is 6.75. The van der Waals surface area contributed by atoms with E-state index >= 15 is 0 Å². The lowest BCUT2D eigenvalue weighted by molar-refractivity contribution is -0.137. The minimum absolute atomic E-state index is 0.0911. The molecule has 1 aromatic heterocycles. The molecular weight excluding hydrogens is 284 g/mol. The summed E-state index contributed by atoms with van der Waals surface area (Å²) in [7, 11) is 1.55. The van der Waals surface area contributed by atoms with Gasteiger partial charge in [0.15, 0.2) is 0 Å². The number of urea groups is 1. The number of carboxylic acid groups (broad SMARTS) is 1. The van der Waals surface area contributed by atoms with Crippen LogP contribution in [-0.2, 0) is 4.79 Å². The fraction of sp³-hybridized carbons (Fsp3) is 0.267. The molecule has 0 aliphatic heterocycles. The Morgan fingerprint density at radius 1 is 1.32 bits per heavy atom. The van der Waals surface area contributed by atoms with Crippen LogP contribution in [0.4, 0.5) is 10.5 Å². The van der Waals surface area contributed by atoms with E-state index in [0.29, 0.717) is 5.69 Å². The van der Waals surface area contributed by atoms with Crippen molar-refractivity contribution in [1.29, 1.82) is 0 Å². The average molecular weight is 302 g/mol. The zero-order valence-electron chi connectivity index (χ0n) is 12.5. The molecule has 0 atom stereocenters. The number of amides is 2. The number of aromatic nitrogens is 2. The van der Waals surface area contributed by atoms with Gasteiger partial charge in [0.25, 0.3) is 0 Å². The summed E-state index contributed by atoms with van der Waals surface area (Å²) in [4.78, 5) is 23.9. The van der Waals surface area contributed by atoms with Crippen LogP contribution in [0.25, 0.3) is 5.69 Å².